The number of fused-ring (bicyclic) bond motifs is 1. The van der Waals surface area contributed by atoms with Crippen molar-refractivity contribution in [1.29, 1.82) is 0 Å². The fourth-order valence-corrected chi connectivity index (χ4v) is 5.84. The second-order valence-corrected chi connectivity index (χ2v) is 13.9. The summed E-state index contributed by atoms with van der Waals surface area (Å²) in [6, 6.07) is 11.4. The number of imidazole rings is 2. The number of ether oxygens (including phenoxy) is 2. The van der Waals surface area contributed by atoms with Crippen molar-refractivity contribution in [2.45, 2.75) is 90.5 Å². The van der Waals surface area contributed by atoms with Gasteiger partial charge in [-0.25, -0.2) is 24.5 Å². The SMILES string of the molecule is CC(C)(C)OC(=O)N1CCC[C@H]1c1ncc(-c2ccc(C#Cc3ccc4[nH]c([C@@H]5CCCN5C(=O)OC(C)(C)C)nc4n3)cc2)[nH]1. The zero-order valence-electron chi connectivity index (χ0n) is 27.3. The fourth-order valence-electron chi connectivity index (χ4n) is 5.84. The Bertz CT molecular complexity index is 1800. The molecule has 3 aromatic heterocycles. The van der Waals surface area contributed by atoms with E-state index in [9.17, 15) is 9.59 Å². The van der Waals surface area contributed by atoms with E-state index in [1.807, 2.05) is 77.9 Å². The molecular weight excluding hydrogens is 582 g/mol. The number of aromatic nitrogens is 5. The zero-order chi connectivity index (χ0) is 32.6. The zero-order valence-corrected chi connectivity index (χ0v) is 27.3. The van der Waals surface area contributed by atoms with Gasteiger partial charge in [-0.2, -0.15) is 0 Å². The van der Waals surface area contributed by atoms with Gasteiger partial charge in [0.15, 0.2) is 5.65 Å². The topological polar surface area (TPSA) is 129 Å². The molecule has 2 amide bonds. The molecule has 0 aliphatic carbocycles. The summed E-state index contributed by atoms with van der Waals surface area (Å²) >= 11 is 0. The average molecular weight is 624 g/mol. The highest BCUT2D eigenvalue weighted by atomic mass is 16.6. The van der Waals surface area contributed by atoms with Gasteiger partial charge in [0.1, 0.15) is 28.5 Å². The predicted molar refractivity (Wildman–Crippen MR) is 174 cm³/mol. The van der Waals surface area contributed by atoms with E-state index in [1.54, 1.807) is 16.0 Å². The highest BCUT2D eigenvalue weighted by Gasteiger charge is 2.36. The molecule has 0 unspecified atom stereocenters. The molecule has 0 radical (unpaired) electrons. The lowest BCUT2D eigenvalue weighted by atomic mass is 10.1. The first kappa shape index (κ1) is 31.1. The number of likely N-dealkylation sites (tertiary alicyclic amines) is 2. The third-order valence-corrected chi connectivity index (χ3v) is 7.88. The molecule has 11 heteroatoms. The summed E-state index contributed by atoms with van der Waals surface area (Å²) in [6.07, 6.45) is 4.61. The molecule has 1 aromatic carbocycles. The van der Waals surface area contributed by atoms with Crippen LogP contribution in [0.15, 0.2) is 42.6 Å². The van der Waals surface area contributed by atoms with Crippen molar-refractivity contribution in [3.05, 3.63) is 65.5 Å². The monoisotopic (exact) mass is 623 g/mol. The number of hydrogen-bond acceptors (Lipinski definition) is 7. The van der Waals surface area contributed by atoms with Crippen molar-refractivity contribution in [1.82, 2.24) is 34.7 Å². The van der Waals surface area contributed by atoms with Crippen molar-refractivity contribution in [2.24, 2.45) is 0 Å². The van der Waals surface area contributed by atoms with Crippen LogP contribution < -0.4 is 0 Å². The van der Waals surface area contributed by atoms with E-state index in [0.29, 0.717) is 30.3 Å². The number of nitrogens with zero attached hydrogens (tertiary/aromatic N) is 5. The molecule has 0 bridgehead atoms. The van der Waals surface area contributed by atoms with E-state index in [-0.39, 0.29) is 24.3 Å². The lowest BCUT2D eigenvalue weighted by Crippen LogP contribution is -2.36. The van der Waals surface area contributed by atoms with Gasteiger partial charge in [0, 0.05) is 18.7 Å². The lowest BCUT2D eigenvalue weighted by molar-refractivity contribution is 0.0208. The summed E-state index contributed by atoms with van der Waals surface area (Å²) in [7, 11) is 0. The molecule has 240 valence electrons. The van der Waals surface area contributed by atoms with Crippen LogP contribution in [0.1, 0.15) is 102 Å². The van der Waals surface area contributed by atoms with Crippen LogP contribution in [0.3, 0.4) is 0 Å². The molecule has 2 saturated heterocycles. The van der Waals surface area contributed by atoms with Gasteiger partial charge in [-0.1, -0.05) is 18.1 Å². The molecule has 2 N–H and O–H groups in total. The van der Waals surface area contributed by atoms with Gasteiger partial charge in [0.05, 0.1) is 29.5 Å². The Labute approximate surface area is 269 Å². The van der Waals surface area contributed by atoms with Crippen molar-refractivity contribution < 1.29 is 19.1 Å². The highest BCUT2D eigenvalue weighted by Crippen LogP contribution is 2.34. The number of carbonyl (C=O) groups is 2. The molecule has 2 atom stereocenters. The van der Waals surface area contributed by atoms with E-state index >= 15 is 0 Å². The first-order valence-corrected chi connectivity index (χ1v) is 15.9. The summed E-state index contributed by atoms with van der Waals surface area (Å²) in [6.45, 7) is 12.5. The van der Waals surface area contributed by atoms with Gasteiger partial charge >= 0.3 is 12.2 Å². The van der Waals surface area contributed by atoms with Crippen LogP contribution in [-0.4, -0.2) is 71.2 Å². The normalized spacial score (nSPS) is 18.5. The number of rotatable bonds is 3. The molecular formula is C35H41N7O4. The number of aromatic amines is 2. The van der Waals surface area contributed by atoms with Crippen molar-refractivity contribution in [2.75, 3.05) is 13.1 Å². The lowest BCUT2D eigenvalue weighted by Gasteiger charge is -2.27. The van der Waals surface area contributed by atoms with Gasteiger partial charge in [0.2, 0.25) is 0 Å². The Morgan fingerprint density at radius 3 is 2.00 bits per heavy atom. The van der Waals surface area contributed by atoms with Gasteiger partial charge in [-0.05, 0) is 103 Å². The summed E-state index contributed by atoms with van der Waals surface area (Å²) in [5.41, 5.74) is 3.56. The largest absolute Gasteiger partial charge is 0.444 e. The summed E-state index contributed by atoms with van der Waals surface area (Å²) in [5, 5.41) is 0. The Kier molecular flexibility index (Phi) is 8.23. The summed E-state index contributed by atoms with van der Waals surface area (Å²) in [5.74, 6) is 7.81. The third kappa shape index (κ3) is 7.01. The smallest absolute Gasteiger partial charge is 0.410 e. The molecule has 2 aliphatic rings. The van der Waals surface area contributed by atoms with Crippen LogP contribution in [-0.2, 0) is 9.47 Å². The summed E-state index contributed by atoms with van der Waals surface area (Å²) in [4.78, 5) is 49.7. The number of amides is 2. The van der Waals surface area contributed by atoms with Crippen LogP contribution >= 0.6 is 0 Å². The molecule has 0 spiro atoms. The first-order chi connectivity index (χ1) is 21.8. The number of carbonyl (C=O) groups excluding carboxylic acids is 2. The molecule has 2 fully saturated rings. The standard InChI is InChI=1S/C35H41N7O4/c1-34(2,3)45-32(43)41-19-7-9-27(41)30-36-21-26(39-30)23-14-11-22(12-15-23)13-16-24-17-18-25-29(37-24)40-31(38-25)28-10-8-20-42(28)33(44)46-35(4,5)6/h11-12,14-15,17-18,21,27-28H,7-10,19-20H2,1-6H3,(H,36,39)(H,37,38,40)/t27-,28-/m0/s1. The first-order valence-electron chi connectivity index (χ1n) is 15.9. The minimum Gasteiger partial charge on any atom is -0.444 e. The maximum absolute atomic E-state index is 12.8. The number of pyridine rings is 1. The number of H-pyrrole nitrogens is 2. The van der Waals surface area contributed by atoms with E-state index in [4.69, 9.17) is 14.5 Å². The van der Waals surface area contributed by atoms with Crippen LogP contribution in [0, 0.1) is 11.8 Å². The van der Waals surface area contributed by atoms with E-state index in [2.05, 4.69) is 31.8 Å². The molecule has 5 heterocycles. The summed E-state index contributed by atoms with van der Waals surface area (Å²) < 4.78 is 11.2. The Balaban J connectivity index is 1.12. The molecule has 4 aromatic rings. The Morgan fingerprint density at radius 1 is 0.783 bits per heavy atom. The second kappa shape index (κ2) is 12.2. The van der Waals surface area contributed by atoms with Crippen molar-refractivity contribution >= 4 is 23.4 Å². The Morgan fingerprint density at radius 2 is 1.39 bits per heavy atom. The molecule has 46 heavy (non-hydrogen) atoms. The number of hydrogen-bond donors (Lipinski definition) is 2. The second-order valence-electron chi connectivity index (χ2n) is 13.9. The van der Waals surface area contributed by atoms with Crippen molar-refractivity contribution in [3.8, 4) is 23.1 Å². The molecule has 6 rings (SSSR count). The van der Waals surface area contributed by atoms with Gasteiger partial charge < -0.3 is 19.4 Å². The van der Waals surface area contributed by atoms with E-state index in [1.165, 1.54) is 0 Å². The predicted octanol–water partition coefficient (Wildman–Crippen LogP) is 6.89. The Hall–Kier alpha value is -4.85. The molecule has 0 saturated carbocycles. The highest BCUT2D eigenvalue weighted by molar-refractivity contribution is 5.73. The maximum atomic E-state index is 12.8. The van der Waals surface area contributed by atoms with Crippen LogP contribution in [0.5, 0.6) is 0 Å². The third-order valence-electron chi connectivity index (χ3n) is 7.88. The van der Waals surface area contributed by atoms with Crippen LogP contribution in [0.4, 0.5) is 9.59 Å². The van der Waals surface area contributed by atoms with Crippen molar-refractivity contribution in [3.63, 3.8) is 0 Å². The fraction of sp³-hybridized carbons (Fsp3) is 0.457. The van der Waals surface area contributed by atoms with Crippen LogP contribution in [0.2, 0.25) is 0 Å². The van der Waals surface area contributed by atoms with E-state index in [0.717, 1.165) is 53.8 Å². The average Bonchev–Trinajstić information content (AvgIpc) is 3.79. The van der Waals surface area contributed by atoms with E-state index < -0.39 is 11.2 Å². The van der Waals surface area contributed by atoms with Crippen LogP contribution in [0.25, 0.3) is 22.4 Å². The molecule has 2 aliphatic heterocycles. The van der Waals surface area contributed by atoms with Gasteiger partial charge in [-0.15, -0.1) is 0 Å². The quantitative estimate of drug-likeness (QED) is 0.238. The molecule has 11 nitrogen and oxygen atoms in total. The van der Waals surface area contributed by atoms with Gasteiger partial charge in [-0.3, -0.25) is 9.80 Å². The minimum absolute atomic E-state index is 0.133. The maximum Gasteiger partial charge on any atom is 0.410 e. The van der Waals surface area contributed by atoms with Gasteiger partial charge in [0.25, 0.3) is 0 Å². The number of benzene rings is 1. The minimum atomic E-state index is -0.557. The number of nitrogens with one attached hydrogen (secondary N) is 2.